The predicted octanol–water partition coefficient (Wildman–Crippen LogP) is 3.83. The lowest BCUT2D eigenvalue weighted by Gasteiger charge is -2.01. The first-order valence-corrected chi connectivity index (χ1v) is 8.37. The molecule has 0 aliphatic heterocycles. The van der Waals surface area contributed by atoms with Crippen molar-refractivity contribution in [2.75, 3.05) is 0 Å². The number of aromatic amines is 1. The summed E-state index contributed by atoms with van der Waals surface area (Å²) in [5, 5.41) is 10.9. The van der Waals surface area contributed by atoms with Gasteiger partial charge in [0.2, 0.25) is 0 Å². The summed E-state index contributed by atoms with van der Waals surface area (Å²) in [4.78, 5) is 14.3. The number of benzene rings is 1. The summed E-state index contributed by atoms with van der Waals surface area (Å²) in [6.07, 6.45) is 1.64. The first-order chi connectivity index (χ1) is 11.5. The number of aryl methyl sites for hydroxylation is 3. The van der Waals surface area contributed by atoms with Gasteiger partial charge >= 0.3 is 0 Å². The van der Waals surface area contributed by atoms with Crippen molar-refractivity contribution in [3.8, 4) is 11.3 Å². The highest BCUT2D eigenvalue weighted by molar-refractivity contribution is 7.13. The van der Waals surface area contributed by atoms with Crippen LogP contribution < -0.4 is 5.43 Å². The minimum absolute atomic E-state index is 0.317. The molecule has 0 aliphatic carbocycles. The summed E-state index contributed by atoms with van der Waals surface area (Å²) in [7, 11) is 0. The molecule has 0 saturated carbocycles. The number of hydrogen-bond donors (Lipinski definition) is 2. The maximum atomic E-state index is 12.1. The van der Waals surface area contributed by atoms with Crippen molar-refractivity contribution in [1.29, 1.82) is 0 Å². The monoisotopic (exact) mass is 338 g/mol. The van der Waals surface area contributed by atoms with Crippen molar-refractivity contribution in [3.63, 3.8) is 0 Å². The molecule has 0 aliphatic rings. The lowest BCUT2D eigenvalue weighted by Crippen LogP contribution is -2.17. The zero-order chi connectivity index (χ0) is 17.1. The second-order valence-electron chi connectivity index (χ2n) is 5.61. The number of hydrogen-bond acceptors (Lipinski definition) is 4. The van der Waals surface area contributed by atoms with Gasteiger partial charge in [0.25, 0.3) is 5.91 Å². The van der Waals surface area contributed by atoms with Gasteiger partial charge in [-0.05, 0) is 56.2 Å². The van der Waals surface area contributed by atoms with Crippen LogP contribution in [0.3, 0.4) is 0 Å². The summed E-state index contributed by atoms with van der Waals surface area (Å²) in [6.45, 7) is 6.15. The maximum Gasteiger partial charge on any atom is 0.289 e. The third kappa shape index (κ3) is 3.60. The summed E-state index contributed by atoms with van der Waals surface area (Å²) in [5.41, 5.74) is 7.02. The Balaban J connectivity index is 1.69. The van der Waals surface area contributed by atoms with Crippen LogP contribution in [0, 0.1) is 20.8 Å². The zero-order valence-corrected chi connectivity index (χ0v) is 14.6. The number of thiophene rings is 1. The molecule has 0 bridgehead atoms. The minimum Gasteiger partial charge on any atom is -0.272 e. The fourth-order valence-corrected chi connectivity index (χ4v) is 2.97. The van der Waals surface area contributed by atoms with Gasteiger partial charge in [0.15, 0.2) is 0 Å². The minimum atomic E-state index is -0.317. The first-order valence-electron chi connectivity index (χ1n) is 7.56. The molecule has 5 nitrogen and oxygen atoms in total. The number of carbonyl (C=O) groups is 1. The lowest BCUT2D eigenvalue weighted by atomic mass is 10.0. The fourth-order valence-electron chi connectivity index (χ4n) is 2.22. The molecule has 3 rings (SSSR count). The molecule has 24 heavy (non-hydrogen) atoms. The summed E-state index contributed by atoms with van der Waals surface area (Å²) < 4.78 is 0. The Bertz CT molecular complexity index is 907. The molecule has 0 unspecified atom stereocenters. The Kier molecular flexibility index (Phi) is 4.57. The van der Waals surface area contributed by atoms with Crippen LogP contribution in [0.25, 0.3) is 11.3 Å². The van der Waals surface area contributed by atoms with E-state index < -0.39 is 0 Å². The molecule has 2 N–H and O–H groups in total. The molecule has 1 aromatic carbocycles. The Morgan fingerprint density at radius 1 is 1.17 bits per heavy atom. The van der Waals surface area contributed by atoms with Crippen molar-refractivity contribution in [2.45, 2.75) is 20.8 Å². The van der Waals surface area contributed by atoms with Crippen LogP contribution in [0.2, 0.25) is 0 Å². The van der Waals surface area contributed by atoms with Gasteiger partial charge in [-0.3, -0.25) is 9.89 Å². The largest absolute Gasteiger partial charge is 0.289 e. The SMILES string of the molecule is Cc1ccc(/C=N\NC(=O)c2cc(-c3ccc(C)c(C)c3)n[nH]2)s1. The average Bonchev–Trinajstić information content (AvgIpc) is 3.19. The van der Waals surface area contributed by atoms with Crippen LogP contribution in [-0.4, -0.2) is 22.3 Å². The Labute approximate surface area is 144 Å². The third-order valence-electron chi connectivity index (χ3n) is 3.74. The van der Waals surface area contributed by atoms with Gasteiger partial charge in [-0.15, -0.1) is 11.3 Å². The van der Waals surface area contributed by atoms with E-state index in [-0.39, 0.29) is 5.91 Å². The Hall–Kier alpha value is -2.73. The van der Waals surface area contributed by atoms with Gasteiger partial charge < -0.3 is 0 Å². The van der Waals surface area contributed by atoms with Gasteiger partial charge in [0.05, 0.1) is 11.9 Å². The molecule has 0 atom stereocenters. The van der Waals surface area contributed by atoms with E-state index in [0.717, 1.165) is 16.1 Å². The standard InChI is InChI=1S/C18H18N4OS/c1-11-4-6-14(8-12(11)2)16-9-17(21-20-16)18(23)22-19-10-15-7-5-13(3)24-15/h4-10H,1-3H3,(H,20,21)(H,22,23)/b19-10-. The van der Waals surface area contributed by atoms with Gasteiger partial charge in [-0.25, -0.2) is 5.43 Å². The van der Waals surface area contributed by atoms with Crippen LogP contribution in [0.5, 0.6) is 0 Å². The maximum absolute atomic E-state index is 12.1. The van der Waals surface area contributed by atoms with E-state index in [1.54, 1.807) is 23.6 Å². The fraction of sp³-hybridized carbons (Fsp3) is 0.167. The molecule has 2 heterocycles. The Morgan fingerprint density at radius 3 is 2.71 bits per heavy atom. The summed E-state index contributed by atoms with van der Waals surface area (Å²) in [5.74, 6) is -0.317. The summed E-state index contributed by atoms with van der Waals surface area (Å²) >= 11 is 1.62. The smallest absolute Gasteiger partial charge is 0.272 e. The molecule has 1 amide bonds. The average molecular weight is 338 g/mol. The molecule has 3 aromatic rings. The number of carbonyl (C=O) groups excluding carboxylic acids is 1. The molecular weight excluding hydrogens is 320 g/mol. The highest BCUT2D eigenvalue weighted by atomic mass is 32.1. The summed E-state index contributed by atoms with van der Waals surface area (Å²) in [6, 6.07) is 11.8. The van der Waals surface area contributed by atoms with Gasteiger partial charge in [-0.1, -0.05) is 12.1 Å². The van der Waals surface area contributed by atoms with Gasteiger partial charge in [-0.2, -0.15) is 10.2 Å². The molecule has 0 fully saturated rings. The number of nitrogens with one attached hydrogen (secondary N) is 2. The van der Waals surface area contributed by atoms with Gasteiger partial charge in [0.1, 0.15) is 5.69 Å². The van der Waals surface area contributed by atoms with Crippen LogP contribution in [0.1, 0.15) is 31.4 Å². The number of hydrazone groups is 1. The Morgan fingerprint density at radius 2 is 2.00 bits per heavy atom. The van der Waals surface area contributed by atoms with Crippen LogP contribution in [-0.2, 0) is 0 Å². The molecule has 122 valence electrons. The molecule has 0 spiro atoms. The number of aromatic nitrogens is 2. The van der Waals surface area contributed by atoms with Crippen molar-refractivity contribution in [1.82, 2.24) is 15.6 Å². The number of rotatable bonds is 4. The van der Waals surface area contributed by atoms with Crippen molar-refractivity contribution in [3.05, 3.63) is 63.0 Å². The lowest BCUT2D eigenvalue weighted by molar-refractivity contribution is 0.0950. The van der Waals surface area contributed by atoms with Gasteiger partial charge in [0, 0.05) is 15.3 Å². The molecular formula is C18H18N4OS. The first kappa shape index (κ1) is 16.1. The van der Waals surface area contributed by atoms with Crippen LogP contribution in [0.15, 0.2) is 41.5 Å². The molecule has 6 heteroatoms. The number of nitrogens with zero attached hydrogens (tertiary/aromatic N) is 2. The second-order valence-corrected chi connectivity index (χ2v) is 6.93. The highest BCUT2D eigenvalue weighted by Crippen LogP contribution is 2.20. The number of H-pyrrole nitrogens is 1. The van der Waals surface area contributed by atoms with E-state index in [4.69, 9.17) is 0 Å². The van der Waals surface area contributed by atoms with E-state index in [1.165, 1.54) is 16.0 Å². The zero-order valence-electron chi connectivity index (χ0n) is 13.8. The third-order valence-corrected chi connectivity index (χ3v) is 4.68. The predicted molar refractivity (Wildman–Crippen MR) is 97.6 cm³/mol. The van der Waals surface area contributed by atoms with Crippen molar-refractivity contribution < 1.29 is 4.79 Å². The van der Waals surface area contributed by atoms with E-state index >= 15 is 0 Å². The number of amides is 1. The molecule has 2 aromatic heterocycles. The molecule has 0 radical (unpaired) electrons. The van der Waals surface area contributed by atoms with E-state index in [0.29, 0.717) is 5.69 Å². The van der Waals surface area contributed by atoms with Crippen molar-refractivity contribution >= 4 is 23.5 Å². The van der Waals surface area contributed by atoms with E-state index in [9.17, 15) is 4.79 Å². The van der Waals surface area contributed by atoms with Crippen molar-refractivity contribution in [2.24, 2.45) is 5.10 Å². The topological polar surface area (TPSA) is 70.1 Å². The van der Waals surface area contributed by atoms with Crippen LogP contribution >= 0.6 is 11.3 Å². The van der Waals surface area contributed by atoms with E-state index in [1.807, 2.05) is 31.2 Å². The quantitative estimate of drug-likeness (QED) is 0.561. The van der Waals surface area contributed by atoms with Crippen LogP contribution in [0.4, 0.5) is 0 Å². The second kappa shape index (κ2) is 6.80. The highest BCUT2D eigenvalue weighted by Gasteiger charge is 2.10. The molecule has 0 saturated heterocycles. The van der Waals surface area contributed by atoms with E-state index in [2.05, 4.69) is 40.6 Å². The normalized spacial score (nSPS) is 11.1.